The van der Waals surface area contributed by atoms with Crippen molar-refractivity contribution < 1.29 is 24.6 Å². The molecule has 2 aromatic rings. The summed E-state index contributed by atoms with van der Waals surface area (Å²) in [7, 11) is 0. The number of nitrogens with zero attached hydrogens (tertiary/aromatic N) is 2. The van der Waals surface area contributed by atoms with Crippen molar-refractivity contribution >= 4 is 35.2 Å². The van der Waals surface area contributed by atoms with E-state index in [1.54, 1.807) is 6.07 Å². The molecule has 0 spiro atoms. The van der Waals surface area contributed by atoms with Crippen molar-refractivity contribution in [2.75, 3.05) is 18.4 Å². The number of pyridine rings is 1. The Kier molecular flexibility index (Phi) is 5.21. The Balaban J connectivity index is 1.34. The van der Waals surface area contributed by atoms with Crippen molar-refractivity contribution in [3.05, 3.63) is 52.8 Å². The summed E-state index contributed by atoms with van der Waals surface area (Å²) in [4.78, 5) is 41.2. The van der Waals surface area contributed by atoms with Gasteiger partial charge in [0.2, 0.25) is 5.91 Å². The number of carbonyl (C=O) groups excluding carboxylic acids is 2. The van der Waals surface area contributed by atoms with Crippen LogP contribution in [0.15, 0.2) is 36.5 Å². The Bertz CT molecular complexity index is 1020. The minimum absolute atomic E-state index is 0.0270. The number of fused-ring (bicyclic) bond motifs is 1. The van der Waals surface area contributed by atoms with Crippen LogP contribution in [-0.2, 0) is 11.2 Å². The number of amides is 3. The number of hydrogen-bond acceptors (Lipinski definition) is 5. The van der Waals surface area contributed by atoms with Gasteiger partial charge in [-0.05, 0) is 30.3 Å². The van der Waals surface area contributed by atoms with Crippen LogP contribution in [0.25, 0.3) is 0 Å². The third-order valence-electron chi connectivity index (χ3n) is 5.43. The number of likely N-dealkylation sites (tertiary alicyclic amines) is 1. The van der Waals surface area contributed by atoms with E-state index in [9.17, 15) is 19.5 Å². The summed E-state index contributed by atoms with van der Waals surface area (Å²) in [5.74, 6) is -0.507. The number of carboxylic acid groups (broad SMARTS) is 1. The maximum Gasteiger partial charge on any atom is 0.407 e. The zero-order valence-electron chi connectivity index (χ0n) is 15.7. The summed E-state index contributed by atoms with van der Waals surface area (Å²) in [6, 6.07) is 7.43. The first-order valence-electron chi connectivity index (χ1n) is 9.34. The number of halogens is 1. The summed E-state index contributed by atoms with van der Waals surface area (Å²) in [6.45, 7) is 0.843. The molecular formula is C20H19ClN4O5. The van der Waals surface area contributed by atoms with E-state index in [2.05, 4.69) is 15.6 Å². The lowest BCUT2D eigenvalue weighted by Gasteiger charge is -2.16. The zero-order chi connectivity index (χ0) is 21.4. The van der Waals surface area contributed by atoms with E-state index in [4.69, 9.17) is 16.7 Å². The van der Waals surface area contributed by atoms with Gasteiger partial charge in [-0.1, -0.05) is 11.6 Å². The van der Waals surface area contributed by atoms with Crippen LogP contribution >= 0.6 is 11.6 Å². The topological polar surface area (TPSA) is 132 Å². The molecule has 2 heterocycles. The van der Waals surface area contributed by atoms with E-state index in [-0.39, 0.29) is 47.6 Å². The van der Waals surface area contributed by atoms with Crippen LogP contribution in [0.2, 0.25) is 5.02 Å². The zero-order valence-corrected chi connectivity index (χ0v) is 16.5. The van der Waals surface area contributed by atoms with Gasteiger partial charge in [0.05, 0.1) is 6.42 Å². The highest BCUT2D eigenvalue weighted by Gasteiger charge is 2.57. The molecular weight excluding hydrogens is 412 g/mol. The van der Waals surface area contributed by atoms with Crippen molar-refractivity contribution in [2.45, 2.75) is 12.5 Å². The van der Waals surface area contributed by atoms with Crippen LogP contribution in [0.5, 0.6) is 5.75 Å². The maximum atomic E-state index is 12.5. The summed E-state index contributed by atoms with van der Waals surface area (Å²) >= 11 is 5.89. The molecule has 2 fully saturated rings. The van der Waals surface area contributed by atoms with Gasteiger partial charge in [0.25, 0.3) is 5.91 Å². The fraction of sp³-hybridized carbons (Fsp3) is 0.300. The van der Waals surface area contributed by atoms with Crippen molar-refractivity contribution in [1.29, 1.82) is 0 Å². The largest absolute Gasteiger partial charge is 0.508 e. The molecule has 156 valence electrons. The predicted molar refractivity (Wildman–Crippen MR) is 108 cm³/mol. The minimum Gasteiger partial charge on any atom is -0.508 e. The molecule has 9 nitrogen and oxygen atoms in total. The molecule has 1 aliphatic heterocycles. The van der Waals surface area contributed by atoms with Crippen molar-refractivity contribution in [1.82, 2.24) is 15.2 Å². The minimum atomic E-state index is -0.941. The molecule has 1 unspecified atom stereocenters. The fourth-order valence-electron chi connectivity index (χ4n) is 3.83. The first kappa shape index (κ1) is 20.0. The average Bonchev–Trinajstić information content (AvgIpc) is 3.12. The molecule has 3 amide bonds. The molecule has 10 heteroatoms. The summed E-state index contributed by atoms with van der Waals surface area (Å²) < 4.78 is 0. The van der Waals surface area contributed by atoms with Crippen LogP contribution in [-0.4, -0.2) is 57.1 Å². The van der Waals surface area contributed by atoms with Crippen molar-refractivity contribution in [2.24, 2.45) is 11.8 Å². The predicted octanol–water partition coefficient (Wildman–Crippen LogP) is 1.96. The molecule has 1 saturated heterocycles. The molecule has 4 rings (SSSR count). The van der Waals surface area contributed by atoms with Gasteiger partial charge in [-0.15, -0.1) is 0 Å². The number of aromatic nitrogens is 1. The summed E-state index contributed by atoms with van der Waals surface area (Å²) in [5, 5.41) is 24.8. The number of anilines is 1. The lowest BCUT2D eigenvalue weighted by atomic mass is 10.1. The normalized spacial score (nSPS) is 21.6. The average molecular weight is 431 g/mol. The first-order chi connectivity index (χ1) is 14.3. The highest BCUT2D eigenvalue weighted by molar-refractivity contribution is 6.30. The fourth-order valence-corrected chi connectivity index (χ4v) is 4.02. The number of hydrogen-bond donors (Lipinski definition) is 4. The van der Waals surface area contributed by atoms with Gasteiger partial charge in [0, 0.05) is 53.4 Å². The Hall–Kier alpha value is -3.33. The standard InChI is InChI=1S/C20H19ClN4O5/c21-11-1-2-16(26)10(5-11)6-17(27)23-12-3-4-22-15(7-12)19(28)24-18-13-8-25(20(29)30)9-14(13)18/h1-5,7,13-14,18,26H,6,8-9H2,(H,24,28)(H,29,30)(H,22,23,27)/t13-,14+,18?. The SMILES string of the molecule is O=C(Cc1cc(Cl)ccc1O)Nc1ccnc(C(=O)NC2[C@H]3CN(C(=O)O)C[C@@H]23)c1. The molecule has 1 aromatic carbocycles. The lowest BCUT2D eigenvalue weighted by Crippen LogP contribution is -2.37. The number of rotatable bonds is 5. The highest BCUT2D eigenvalue weighted by atomic mass is 35.5. The van der Waals surface area contributed by atoms with E-state index in [0.29, 0.717) is 29.4 Å². The van der Waals surface area contributed by atoms with E-state index in [1.807, 2.05) is 0 Å². The number of benzene rings is 1. The third kappa shape index (κ3) is 4.16. The van der Waals surface area contributed by atoms with Gasteiger partial charge in [0.1, 0.15) is 11.4 Å². The van der Waals surface area contributed by atoms with Crippen LogP contribution in [0.1, 0.15) is 16.1 Å². The molecule has 2 aliphatic rings. The third-order valence-corrected chi connectivity index (χ3v) is 5.67. The number of nitrogens with one attached hydrogen (secondary N) is 2. The molecule has 0 bridgehead atoms. The highest BCUT2D eigenvalue weighted by Crippen LogP contribution is 2.45. The lowest BCUT2D eigenvalue weighted by molar-refractivity contribution is -0.115. The van der Waals surface area contributed by atoms with E-state index in [1.165, 1.54) is 35.4 Å². The van der Waals surface area contributed by atoms with Crippen molar-refractivity contribution in [3.8, 4) is 5.75 Å². The van der Waals surface area contributed by atoms with Gasteiger partial charge >= 0.3 is 6.09 Å². The molecule has 0 radical (unpaired) electrons. The molecule has 1 aliphatic carbocycles. The Morgan fingerprint density at radius 3 is 2.60 bits per heavy atom. The van der Waals surface area contributed by atoms with Gasteiger partial charge in [0.15, 0.2) is 0 Å². The monoisotopic (exact) mass is 430 g/mol. The summed E-state index contributed by atoms with van der Waals surface area (Å²) in [5.41, 5.74) is 0.941. The summed E-state index contributed by atoms with van der Waals surface area (Å²) in [6.07, 6.45) is 0.395. The molecule has 30 heavy (non-hydrogen) atoms. The number of carbonyl (C=O) groups is 3. The number of phenols is 1. The Morgan fingerprint density at radius 1 is 1.17 bits per heavy atom. The van der Waals surface area contributed by atoms with Crippen LogP contribution < -0.4 is 10.6 Å². The van der Waals surface area contributed by atoms with E-state index in [0.717, 1.165) is 0 Å². The molecule has 1 saturated carbocycles. The van der Waals surface area contributed by atoms with Crippen LogP contribution in [0.3, 0.4) is 0 Å². The van der Waals surface area contributed by atoms with Crippen molar-refractivity contribution in [3.63, 3.8) is 0 Å². The quantitative estimate of drug-likeness (QED) is 0.573. The molecule has 1 aromatic heterocycles. The Labute approximate surface area is 176 Å². The van der Waals surface area contributed by atoms with E-state index < -0.39 is 6.09 Å². The smallest absolute Gasteiger partial charge is 0.407 e. The first-order valence-corrected chi connectivity index (χ1v) is 9.71. The number of piperidine rings is 1. The number of aromatic hydroxyl groups is 1. The molecule has 3 atom stereocenters. The van der Waals surface area contributed by atoms with E-state index >= 15 is 0 Å². The Morgan fingerprint density at radius 2 is 1.90 bits per heavy atom. The second kappa shape index (κ2) is 7.83. The van der Waals surface area contributed by atoms with Crippen LogP contribution in [0, 0.1) is 11.8 Å². The van der Waals surface area contributed by atoms with Gasteiger partial charge in [-0.2, -0.15) is 0 Å². The van der Waals surface area contributed by atoms with Gasteiger partial charge in [-0.3, -0.25) is 14.6 Å². The second-order valence-corrected chi connectivity index (χ2v) is 7.88. The second-order valence-electron chi connectivity index (χ2n) is 7.44. The number of phenolic OH excluding ortho intramolecular Hbond substituents is 1. The maximum absolute atomic E-state index is 12.5. The van der Waals surface area contributed by atoms with Gasteiger partial charge in [-0.25, -0.2) is 4.79 Å². The molecule has 4 N–H and O–H groups in total. The van der Waals surface area contributed by atoms with Crippen LogP contribution in [0.4, 0.5) is 10.5 Å². The van der Waals surface area contributed by atoms with Gasteiger partial charge < -0.3 is 25.7 Å².